The first-order chi connectivity index (χ1) is 7.00. The van der Waals surface area contributed by atoms with E-state index in [1.54, 1.807) is 24.3 Å². The Morgan fingerprint density at radius 3 is 2.27 bits per heavy atom. The Kier molecular flexibility index (Phi) is 3.23. The molecule has 1 rings (SSSR count). The zero-order chi connectivity index (χ0) is 11.4. The number of carbonyl (C=O) groups is 2. The second kappa shape index (κ2) is 4.41. The second-order valence-corrected chi connectivity index (χ2v) is 3.04. The van der Waals surface area contributed by atoms with Gasteiger partial charge < -0.3 is 10.2 Å². The fraction of sp³-hybridized carbons (Fsp3) is 0.0909. The summed E-state index contributed by atoms with van der Waals surface area (Å²) in [7, 11) is 0. The van der Waals surface area contributed by atoms with E-state index in [0.717, 1.165) is 5.56 Å². The maximum absolute atomic E-state index is 11.3. The zero-order valence-electron chi connectivity index (χ0n) is 8.06. The Morgan fingerprint density at radius 2 is 1.80 bits per heavy atom. The van der Waals surface area contributed by atoms with Crippen LogP contribution in [0.25, 0.3) is 5.76 Å². The van der Waals surface area contributed by atoms with E-state index in [9.17, 15) is 14.7 Å². The maximum atomic E-state index is 11.3. The Hall–Kier alpha value is -2.10. The molecule has 1 aromatic carbocycles. The molecule has 0 aromatic heterocycles. The smallest absolute Gasteiger partial charge is 0.376 e. The van der Waals surface area contributed by atoms with Crippen molar-refractivity contribution in [3.8, 4) is 0 Å². The van der Waals surface area contributed by atoms with Crippen molar-refractivity contribution in [2.24, 2.45) is 0 Å². The minimum absolute atomic E-state index is 0.301. The van der Waals surface area contributed by atoms with Crippen LogP contribution in [-0.2, 0) is 9.59 Å². The van der Waals surface area contributed by atoms with Gasteiger partial charge >= 0.3 is 5.97 Å². The Bertz CT molecular complexity index is 415. The molecule has 0 spiro atoms. The summed E-state index contributed by atoms with van der Waals surface area (Å²) >= 11 is 0. The van der Waals surface area contributed by atoms with Crippen LogP contribution in [0.4, 0.5) is 0 Å². The lowest BCUT2D eigenvalue weighted by atomic mass is 10.1. The van der Waals surface area contributed by atoms with E-state index in [1.807, 2.05) is 6.92 Å². The van der Waals surface area contributed by atoms with Crippen LogP contribution in [0.2, 0.25) is 0 Å². The summed E-state index contributed by atoms with van der Waals surface area (Å²) in [5.41, 5.74) is 1.28. The average molecular weight is 205 g/mol. The summed E-state index contributed by atoms with van der Waals surface area (Å²) < 4.78 is 0. The van der Waals surface area contributed by atoms with Crippen LogP contribution in [0.1, 0.15) is 11.1 Å². The largest absolute Gasteiger partial charge is 0.872 e. The molecule has 1 N–H and O–H groups in total. The molecule has 0 fully saturated rings. The SMILES string of the molecule is Cc1ccc(C([O-])=CC(=O)C(=O)O)cc1. The van der Waals surface area contributed by atoms with Gasteiger partial charge in [-0.15, -0.1) is 0 Å². The van der Waals surface area contributed by atoms with E-state index in [-0.39, 0.29) is 0 Å². The molecule has 4 heteroatoms. The van der Waals surface area contributed by atoms with Gasteiger partial charge in [-0.05, 0) is 18.6 Å². The van der Waals surface area contributed by atoms with Crippen molar-refractivity contribution < 1.29 is 19.8 Å². The van der Waals surface area contributed by atoms with Gasteiger partial charge in [0.15, 0.2) is 0 Å². The number of benzene rings is 1. The maximum Gasteiger partial charge on any atom is 0.376 e. The first kappa shape index (κ1) is 11.0. The summed E-state index contributed by atoms with van der Waals surface area (Å²) in [5, 5.41) is 19.6. The van der Waals surface area contributed by atoms with E-state index in [1.165, 1.54) is 0 Å². The molecular weight excluding hydrogens is 196 g/mol. The number of aliphatic carboxylic acids is 1. The topological polar surface area (TPSA) is 77.4 Å². The van der Waals surface area contributed by atoms with Crippen molar-refractivity contribution in [2.45, 2.75) is 6.92 Å². The molecule has 0 aliphatic heterocycles. The van der Waals surface area contributed by atoms with Crippen molar-refractivity contribution in [1.82, 2.24) is 0 Å². The number of ketones is 1. The average Bonchev–Trinajstić information content (AvgIpc) is 2.18. The summed E-state index contributed by atoms with van der Waals surface area (Å²) in [6, 6.07) is 6.52. The van der Waals surface area contributed by atoms with E-state index in [0.29, 0.717) is 11.6 Å². The lowest BCUT2D eigenvalue weighted by Crippen LogP contribution is -2.13. The van der Waals surface area contributed by atoms with Crippen molar-refractivity contribution >= 4 is 17.5 Å². The van der Waals surface area contributed by atoms with Crippen LogP contribution >= 0.6 is 0 Å². The zero-order valence-corrected chi connectivity index (χ0v) is 8.06. The highest BCUT2D eigenvalue weighted by Gasteiger charge is 2.06. The minimum atomic E-state index is -1.63. The van der Waals surface area contributed by atoms with Crippen molar-refractivity contribution in [1.29, 1.82) is 0 Å². The monoisotopic (exact) mass is 205 g/mol. The van der Waals surface area contributed by atoms with Gasteiger partial charge in [0.25, 0.3) is 5.78 Å². The molecule has 0 radical (unpaired) electrons. The van der Waals surface area contributed by atoms with Gasteiger partial charge in [-0.1, -0.05) is 35.6 Å². The minimum Gasteiger partial charge on any atom is -0.872 e. The fourth-order valence-electron chi connectivity index (χ4n) is 0.982. The van der Waals surface area contributed by atoms with Gasteiger partial charge in [0.1, 0.15) is 0 Å². The molecule has 78 valence electrons. The van der Waals surface area contributed by atoms with Gasteiger partial charge in [-0.3, -0.25) is 4.79 Å². The van der Waals surface area contributed by atoms with E-state index >= 15 is 0 Å². The number of hydrogen-bond donors (Lipinski definition) is 1. The molecule has 15 heavy (non-hydrogen) atoms. The predicted octanol–water partition coefficient (Wildman–Crippen LogP) is 0.350. The first-order valence-electron chi connectivity index (χ1n) is 4.23. The second-order valence-electron chi connectivity index (χ2n) is 3.04. The molecule has 0 saturated heterocycles. The van der Waals surface area contributed by atoms with Crippen LogP contribution in [0.3, 0.4) is 0 Å². The molecule has 0 amide bonds. The standard InChI is InChI=1S/C11H10O4/c1-7-2-4-8(5-3-7)9(12)6-10(13)11(14)15/h2-6,12H,1H3,(H,14,15)/p-1. The highest BCUT2D eigenvalue weighted by molar-refractivity contribution is 6.38. The third kappa shape index (κ3) is 2.95. The van der Waals surface area contributed by atoms with Gasteiger partial charge in [-0.2, -0.15) is 0 Å². The first-order valence-corrected chi connectivity index (χ1v) is 4.23. The van der Waals surface area contributed by atoms with Crippen molar-refractivity contribution in [2.75, 3.05) is 0 Å². The highest BCUT2D eigenvalue weighted by atomic mass is 16.4. The quantitative estimate of drug-likeness (QED) is 0.438. The third-order valence-electron chi connectivity index (χ3n) is 1.81. The summed E-state index contributed by atoms with van der Waals surface area (Å²) in [6.45, 7) is 1.86. The van der Waals surface area contributed by atoms with Crippen LogP contribution in [0.5, 0.6) is 0 Å². The highest BCUT2D eigenvalue weighted by Crippen LogP contribution is 2.09. The van der Waals surface area contributed by atoms with Gasteiger partial charge in [0, 0.05) is 0 Å². The summed E-state index contributed by atoms with van der Waals surface area (Å²) in [4.78, 5) is 20.9. The van der Waals surface area contributed by atoms with Gasteiger partial charge in [0.2, 0.25) is 0 Å². The van der Waals surface area contributed by atoms with Crippen molar-refractivity contribution in [3.63, 3.8) is 0 Å². The normalized spacial score (nSPS) is 11.1. The molecule has 0 aliphatic carbocycles. The van der Waals surface area contributed by atoms with E-state index < -0.39 is 17.5 Å². The van der Waals surface area contributed by atoms with Gasteiger partial charge in [0.05, 0.1) is 0 Å². The van der Waals surface area contributed by atoms with Crippen LogP contribution in [-0.4, -0.2) is 16.9 Å². The number of carboxylic acids is 1. The molecule has 0 heterocycles. The molecule has 0 atom stereocenters. The summed E-state index contributed by atoms with van der Waals surface area (Å²) in [5.74, 6) is -3.43. The molecule has 1 aromatic rings. The number of hydrogen-bond acceptors (Lipinski definition) is 3. The van der Waals surface area contributed by atoms with Crippen LogP contribution < -0.4 is 5.11 Å². The molecule has 0 saturated carbocycles. The fourth-order valence-corrected chi connectivity index (χ4v) is 0.982. The van der Waals surface area contributed by atoms with E-state index in [2.05, 4.69) is 0 Å². The lowest BCUT2D eigenvalue weighted by molar-refractivity contribution is -0.243. The molecule has 0 unspecified atom stereocenters. The molecule has 0 bridgehead atoms. The third-order valence-corrected chi connectivity index (χ3v) is 1.81. The summed E-state index contributed by atoms with van der Waals surface area (Å²) in [6.07, 6.45) is 0.576. The van der Waals surface area contributed by atoms with Gasteiger partial charge in [-0.25, -0.2) is 4.79 Å². The van der Waals surface area contributed by atoms with Crippen LogP contribution in [0, 0.1) is 6.92 Å². The molecule has 0 aliphatic rings. The lowest BCUT2D eigenvalue weighted by Gasteiger charge is -2.11. The predicted molar refractivity (Wildman–Crippen MR) is 51.8 cm³/mol. The Balaban J connectivity index is 2.94. The van der Waals surface area contributed by atoms with E-state index in [4.69, 9.17) is 5.11 Å². The van der Waals surface area contributed by atoms with Crippen molar-refractivity contribution in [3.05, 3.63) is 41.5 Å². The van der Waals surface area contributed by atoms with Crippen LogP contribution in [0.15, 0.2) is 30.3 Å². The Labute approximate surface area is 86.5 Å². The molecular formula is C11H9O4-. The molecule has 4 nitrogen and oxygen atoms in total. The Morgan fingerprint density at radius 1 is 1.27 bits per heavy atom. The number of carbonyl (C=O) groups excluding carboxylic acids is 1. The number of aryl methyl sites for hydroxylation is 1. The number of rotatable bonds is 3. The number of carboxylic acid groups (broad SMARTS) is 1.